The molecule has 1 rings (SSSR count). The summed E-state index contributed by atoms with van der Waals surface area (Å²) in [4.78, 5) is 0. The van der Waals surface area contributed by atoms with Crippen LogP contribution in [0.1, 0.15) is 38.7 Å². The van der Waals surface area contributed by atoms with Gasteiger partial charge in [-0.3, -0.25) is 0 Å². The fourth-order valence-electron chi connectivity index (χ4n) is 1.59. The fourth-order valence-corrected chi connectivity index (χ4v) is 1.59. The van der Waals surface area contributed by atoms with Crippen LogP contribution in [0.15, 0.2) is 24.3 Å². The van der Waals surface area contributed by atoms with Crippen LogP contribution in [0.3, 0.4) is 0 Å². The first-order valence-corrected chi connectivity index (χ1v) is 6.34. The Labute approximate surface area is 104 Å². The van der Waals surface area contributed by atoms with E-state index in [9.17, 15) is 0 Å². The minimum Gasteiger partial charge on any atom is -0.465 e. The number of benzene rings is 1. The van der Waals surface area contributed by atoms with E-state index in [-0.39, 0.29) is 6.29 Å². The molecule has 0 spiro atoms. The third kappa shape index (κ3) is 4.75. The van der Waals surface area contributed by atoms with Crippen LogP contribution in [-0.2, 0) is 4.74 Å². The fraction of sp³-hybridized carbons (Fsp3) is 0.571. The number of hydrogen-bond acceptors (Lipinski definition) is 2. The lowest BCUT2D eigenvalue weighted by Gasteiger charge is -2.15. The summed E-state index contributed by atoms with van der Waals surface area (Å²) in [5.74, 6) is 1.46. The quantitative estimate of drug-likeness (QED) is 0.740. The average Bonchev–Trinajstić information content (AvgIpc) is 2.36. The predicted molar refractivity (Wildman–Crippen MR) is 68.9 cm³/mol. The van der Waals surface area contributed by atoms with Gasteiger partial charge >= 0.3 is 0 Å². The monoisotopic (exact) mass is 238 g/mol. The number of ether oxygens (including phenoxy) is 2. The van der Waals surface area contributed by atoms with Gasteiger partial charge in [-0.15, -0.1) is 0 Å². The number of quaternary nitrogens is 1. The molecule has 3 N–H and O–H groups in total. The van der Waals surface area contributed by atoms with Gasteiger partial charge in [-0.1, -0.05) is 26.0 Å². The van der Waals surface area contributed by atoms with Crippen LogP contribution in [0, 0.1) is 0 Å². The molecule has 1 aromatic rings. The highest BCUT2D eigenvalue weighted by Crippen LogP contribution is 2.22. The van der Waals surface area contributed by atoms with E-state index in [0.29, 0.717) is 12.5 Å². The summed E-state index contributed by atoms with van der Waals surface area (Å²) in [5, 5.41) is 0. The van der Waals surface area contributed by atoms with Crippen molar-refractivity contribution in [2.45, 2.75) is 39.4 Å². The zero-order valence-electron chi connectivity index (χ0n) is 11.1. The molecule has 17 heavy (non-hydrogen) atoms. The van der Waals surface area contributed by atoms with E-state index in [1.54, 1.807) is 0 Å². The van der Waals surface area contributed by atoms with Gasteiger partial charge in [0.05, 0.1) is 13.2 Å². The number of hydrogen-bond donors (Lipinski definition) is 1. The molecular formula is C14H24NO2+. The maximum Gasteiger partial charge on any atom is 0.197 e. The molecule has 2 atom stereocenters. The Hall–Kier alpha value is -1.06. The minimum atomic E-state index is -0.216. The second-order valence-corrected chi connectivity index (χ2v) is 4.29. The Morgan fingerprint density at radius 1 is 1.18 bits per heavy atom. The van der Waals surface area contributed by atoms with Crippen molar-refractivity contribution in [2.24, 2.45) is 0 Å². The van der Waals surface area contributed by atoms with Gasteiger partial charge in [-0.2, -0.15) is 0 Å². The Kier molecular flexibility index (Phi) is 6.01. The van der Waals surface area contributed by atoms with Gasteiger partial charge < -0.3 is 15.2 Å². The second kappa shape index (κ2) is 7.30. The lowest BCUT2D eigenvalue weighted by atomic mass is 9.99. The van der Waals surface area contributed by atoms with Crippen molar-refractivity contribution in [1.29, 1.82) is 0 Å². The van der Waals surface area contributed by atoms with Gasteiger partial charge in [0.25, 0.3) is 0 Å². The highest BCUT2D eigenvalue weighted by Gasteiger charge is 2.06. The third-order valence-corrected chi connectivity index (χ3v) is 2.86. The van der Waals surface area contributed by atoms with Crippen LogP contribution in [0.5, 0.6) is 5.75 Å². The van der Waals surface area contributed by atoms with Gasteiger partial charge in [0.2, 0.25) is 0 Å². The maximum absolute atomic E-state index is 5.63. The molecule has 0 saturated heterocycles. The average molecular weight is 238 g/mol. The molecule has 0 saturated carbocycles. The molecule has 96 valence electrons. The van der Waals surface area contributed by atoms with Crippen LogP contribution in [-0.4, -0.2) is 19.4 Å². The van der Waals surface area contributed by atoms with Gasteiger partial charge in [-0.05, 0) is 37.0 Å². The Balaban J connectivity index is 2.50. The largest absolute Gasteiger partial charge is 0.465 e. The molecule has 0 aliphatic rings. The summed E-state index contributed by atoms with van der Waals surface area (Å²) < 4.78 is 11.0. The van der Waals surface area contributed by atoms with Crippen molar-refractivity contribution in [3.05, 3.63) is 29.8 Å². The van der Waals surface area contributed by atoms with Crippen molar-refractivity contribution in [3.63, 3.8) is 0 Å². The number of rotatable bonds is 7. The van der Waals surface area contributed by atoms with Gasteiger partial charge in [0, 0.05) is 0 Å². The summed E-state index contributed by atoms with van der Waals surface area (Å²) in [6, 6.07) is 8.26. The van der Waals surface area contributed by atoms with Crippen LogP contribution in [0.25, 0.3) is 0 Å². The zero-order valence-corrected chi connectivity index (χ0v) is 11.1. The highest BCUT2D eigenvalue weighted by molar-refractivity contribution is 5.29. The van der Waals surface area contributed by atoms with E-state index >= 15 is 0 Å². The lowest BCUT2D eigenvalue weighted by Crippen LogP contribution is -2.52. The Morgan fingerprint density at radius 3 is 2.35 bits per heavy atom. The van der Waals surface area contributed by atoms with E-state index < -0.39 is 0 Å². The van der Waals surface area contributed by atoms with Crippen LogP contribution >= 0.6 is 0 Å². The molecule has 1 aromatic carbocycles. The molecule has 0 radical (unpaired) electrons. The van der Waals surface area contributed by atoms with Crippen molar-refractivity contribution in [3.8, 4) is 5.75 Å². The van der Waals surface area contributed by atoms with Crippen molar-refractivity contribution in [1.82, 2.24) is 0 Å². The smallest absolute Gasteiger partial charge is 0.197 e. The first-order chi connectivity index (χ1) is 8.17. The van der Waals surface area contributed by atoms with Crippen molar-refractivity contribution in [2.75, 3.05) is 13.2 Å². The van der Waals surface area contributed by atoms with Crippen molar-refractivity contribution >= 4 is 0 Å². The molecule has 0 amide bonds. The highest BCUT2D eigenvalue weighted by atomic mass is 16.7. The molecule has 0 aliphatic carbocycles. The Bertz CT molecular complexity index is 311. The normalized spacial score (nSPS) is 14.4. The molecule has 3 nitrogen and oxygen atoms in total. The molecule has 3 heteroatoms. The first-order valence-electron chi connectivity index (χ1n) is 6.34. The molecule has 0 bridgehead atoms. The molecule has 2 unspecified atom stereocenters. The first kappa shape index (κ1) is 14.0. The molecule has 0 aromatic heterocycles. The predicted octanol–water partition coefficient (Wildman–Crippen LogP) is 2.18. The van der Waals surface area contributed by atoms with E-state index in [1.807, 2.05) is 19.1 Å². The minimum absolute atomic E-state index is 0.216. The van der Waals surface area contributed by atoms with Crippen molar-refractivity contribution < 1.29 is 15.2 Å². The van der Waals surface area contributed by atoms with Gasteiger partial charge in [0.15, 0.2) is 6.29 Å². The summed E-state index contributed by atoms with van der Waals surface area (Å²) in [6.07, 6.45) is 0.939. The zero-order chi connectivity index (χ0) is 12.7. The molecular weight excluding hydrogens is 214 g/mol. The van der Waals surface area contributed by atoms with Crippen LogP contribution in [0.4, 0.5) is 0 Å². The molecule has 0 fully saturated rings. The maximum atomic E-state index is 5.63. The van der Waals surface area contributed by atoms with Crippen LogP contribution in [0.2, 0.25) is 0 Å². The molecule has 0 aliphatic heterocycles. The van der Waals surface area contributed by atoms with Crippen LogP contribution < -0.4 is 10.5 Å². The summed E-state index contributed by atoms with van der Waals surface area (Å²) in [6.45, 7) is 7.73. The summed E-state index contributed by atoms with van der Waals surface area (Å²) in [5.41, 5.74) is 5.08. The Morgan fingerprint density at radius 2 is 1.82 bits per heavy atom. The van der Waals surface area contributed by atoms with E-state index in [4.69, 9.17) is 9.47 Å². The van der Waals surface area contributed by atoms with E-state index in [2.05, 4.69) is 31.7 Å². The van der Waals surface area contributed by atoms with E-state index in [0.717, 1.165) is 18.7 Å². The second-order valence-electron chi connectivity index (χ2n) is 4.29. The van der Waals surface area contributed by atoms with Gasteiger partial charge in [-0.25, -0.2) is 0 Å². The summed E-state index contributed by atoms with van der Waals surface area (Å²) in [7, 11) is 0. The standard InChI is InChI=1S/C14H23NO2/c1-4-11(2)13-5-7-14(8-6-13)17-12(3)16-10-9-15/h5-8,11-12H,4,9-10,15H2,1-3H3/p+1. The van der Waals surface area contributed by atoms with Gasteiger partial charge in [0.1, 0.15) is 5.75 Å². The SMILES string of the molecule is CCC(C)c1ccc(OC(C)OCC[NH3+])cc1. The molecule has 0 heterocycles. The lowest BCUT2D eigenvalue weighted by molar-refractivity contribution is -0.377. The topological polar surface area (TPSA) is 46.1 Å². The third-order valence-electron chi connectivity index (χ3n) is 2.86. The van der Waals surface area contributed by atoms with E-state index in [1.165, 1.54) is 5.56 Å². The summed E-state index contributed by atoms with van der Waals surface area (Å²) >= 11 is 0.